The number of aromatic nitrogens is 6. The van der Waals surface area contributed by atoms with Crippen molar-refractivity contribution < 1.29 is 4.74 Å². The van der Waals surface area contributed by atoms with Crippen LogP contribution in [0.1, 0.15) is 22.3 Å². The number of nitrogens with zero attached hydrogens (tertiary/aromatic N) is 6. The van der Waals surface area contributed by atoms with E-state index >= 15 is 0 Å². The Morgan fingerprint density at radius 2 is 0.603 bits per heavy atom. The molecular formula is C61H38N6O. The molecule has 0 N–H and O–H groups in total. The van der Waals surface area contributed by atoms with Gasteiger partial charge in [-0.05, 0) is 51.6 Å². The molecule has 3 heterocycles. The van der Waals surface area contributed by atoms with Crippen molar-refractivity contribution in [1.29, 1.82) is 0 Å². The van der Waals surface area contributed by atoms with Gasteiger partial charge in [0.25, 0.3) is 0 Å². The topological polar surface area (TPSA) is 86.6 Å². The zero-order chi connectivity index (χ0) is 45.0. The fourth-order valence-corrected chi connectivity index (χ4v) is 10.0. The van der Waals surface area contributed by atoms with E-state index in [4.69, 9.17) is 34.6 Å². The van der Waals surface area contributed by atoms with Gasteiger partial charge in [0.15, 0.2) is 34.9 Å². The highest BCUT2D eigenvalue weighted by molar-refractivity contribution is 5.95. The van der Waals surface area contributed by atoms with Crippen molar-refractivity contribution in [2.45, 2.75) is 5.41 Å². The lowest BCUT2D eigenvalue weighted by Gasteiger charge is -2.40. The Morgan fingerprint density at radius 1 is 0.250 bits per heavy atom. The lowest BCUT2D eigenvalue weighted by molar-refractivity contribution is 0.436. The molecule has 0 radical (unpaired) electrons. The van der Waals surface area contributed by atoms with Gasteiger partial charge in [-0.15, -0.1) is 0 Å². The maximum absolute atomic E-state index is 6.75. The van der Waals surface area contributed by atoms with Gasteiger partial charge >= 0.3 is 0 Å². The predicted octanol–water partition coefficient (Wildman–Crippen LogP) is 14.2. The van der Waals surface area contributed by atoms with Crippen LogP contribution in [0.15, 0.2) is 231 Å². The van der Waals surface area contributed by atoms with Crippen molar-refractivity contribution in [3.05, 3.63) is 253 Å². The van der Waals surface area contributed by atoms with Gasteiger partial charge in [0.05, 0.1) is 5.41 Å². The van der Waals surface area contributed by atoms with Crippen LogP contribution in [0.3, 0.4) is 0 Å². The van der Waals surface area contributed by atoms with Crippen LogP contribution in [0.5, 0.6) is 11.5 Å². The second-order valence-electron chi connectivity index (χ2n) is 17.0. The number of para-hydroxylation sites is 2. The molecule has 0 saturated heterocycles. The van der Waals surface area contributed by atoms with E-state index in [-0.39, 0.29) is 0 Å². The lowest BCUT2D eigenvalue weighted by Crippen LogP contribution is -2.32. The monoisotopic (exact) mass is 870 g/mol. The quantitative estimate of drug-likeness (QED) is 0.158. The smallest absolute Gasteiger partial charge is 0.164 e. The Bertz CT molecular complexity index is 3530. The first-order valence-corrected chi connectivity index (χ1v) is 22.7. The molecule has 2 aliphatic rings. The first-order chi connectivity index (χ1) is 33.7. The number of hydrogen-bond donors (Lipinski definition) is 0. The molecule has 68 heavy (non-hydrogen) atoms. The van der Waals surface area contributed by atoms with Crippen LogP contribution in [-0.2, 0) is 5.41 Å². The maximum Gasteiger partial charge on any atom is 0.164 e. The molecule has 9 aromatic carbocycles. The van der Waals surface area contributed by atoms with Crippen LogP contribution >= 0.6 is 0 Å². The molecule has 0 fully saturated rings. The number of fused-ring (bicyclic) bond motifs is 9. The minimum atomic E-state index is -0.725. The molecule has 1 aliphatic heterocycles. The standard InChI is InChI=1S/C61H38N6O/c1-5-18-40(19-6-1)55-62-56(41-20-7-2-8-21-41)65-59(64-55)44-34-32-39(33-35-44)46-26-17-27-47-48-38-45(60-66-57(42-22-9-3-10-23-42)63-58(67-60)43-24-11-4-12-25-43)36-37-49(48)61(54(46)47)50-28-13-15-30-52(50)68-53-31-16-14-29-51(53)61/h1-38H. The van der Waals surface area contributed by atoms with E-state index in [0.717, 1.165) is 83.8 Å². The van der Waals surface area contributed by atoms with E-state index in [1.807, 2.05) is 133 Å². The van der Waals surface area contributed by atoms with Crippen LogP contribution in [-0.4, -0.2) is 29.9 Å². The average molecular weight is 871 g/mol. The summed E-state index contributed by atoms with van der Waals surface area (Å²) >= 11 is 0. The third kappa shape index (κ3) is 6.43. The van der Waals surface area contributed by atoms with Gasteiger partial charge in [0.2, 0.25) is 0 Å². The van der Waals surface area contributed by atoms with Gasteiger partial charge in [-0.1, -0.05) is 212 Å². The summed E-state index contributed by atoms with van der Waals surface area (Å²) in [5, 5.41) is 0. The zero-order valence-electron chi connectivity index (χ0n) is 36.5. The van der Waals surface area contributed by atoms with E-state index in [0.29, 0.717) is 34.9 Å². The Labute approximate surface area is 393 Å². The zero-order valence-corrected chi connectivity index (χ0v) is 36.5. The van der Waals surface area contributed by atoms with Gasteiger partial charge in [0, 0.05) is 44.5 Å². The highest BCUT2D eigenvalue weighted by atomic mass is 16.5. The fraction of sp³-hybridized carbons (Fsp3) is 0.0164. The van der Waals surface area contributed by atoms with Crippen LogP contribution in [0.25, 0.3) is 90.6 Å². The molecule has 1 spiro atoms. The minimum absolute atomic E-state index is 0.603. The van der Waals surface area contributed by atoms with E-state index in [1.165, 1.54) is 5.56 Å². The fourth-order valence-electron chi connectivity index (χ4n) is 10.0. The number of rotatable bonds is 7. The van der Waals surface area contributed by atoms with Crippen molar-refractivity contribution in [2.24, 2.45) is 0 Å². The highest BCUT2D eigenvalue weighted by Crippen LogP contribution is 2.64. The Balaban J connectivity index is 1.01. The second-order valence-corrected chi connectivity index (χ2v) is 17.0. The van der Waals surface area contributed by atoms with Gasteiger partial charge in [-0.3, -0.25) is 0 Å². The Hall–Kier alpha value is -9.20. The first-order valence-electron chi connectivity index (χ1n) is 22.7. The van der Waals surface area contributed by atoms with Crippen LogP contribution < -0.4 is 4.74 Å². The van der Waals surface area contributed by atoms with Gasteiger partial charge < -0.3 is 4.74 Å². The van der Waals surface area contributed by atoms with E-state index in [1.54, 1.807) is 0 Å². The average Bonchev–Trinajstić information content (AvgIpc) is 3.71. The molecule has 1 aliphatic carbocycles. The molecular weight excluding hydrogens is 833 g/mol. The van der Waals surface area contributed by atoms with E-state index in [2.05, 4.69) is 97.1 Å². The summed E-state index contributed by atoms with van der Waals surface area (Å²) in [6.45, 7) is 0. The summed E-state index contributed by atoms with van der Waals surface area (Å²) in [6, 6.07) is 79.3. The van der Waals surface area contributed by atoms with Crippen molar-refractivity contribution in [3.63, 3.8) is 0 Å². The number of benzene rings is 9. The van der Waals surface area contributed by atoms with Crippen molar-refractivity contribution >= 4 is 0 Å². The van der Waals surface area contributed by atoms with E-state index < -0.39 is 5.41 Å². The molecule has 2 aromatic heterocycles. The third-order valence-electron chi connectivity index (χ3n) is 13.1. The molecule has 0 atom stereocenters. The van der Waals surface area contributed by atoms with Crippen LogP contribution in [0, 0.1) is 0 Å². The highest BCUT2D eigenvalue weighted by Gasteiger charge is 2.52. The van der Waals surface area contributed by atoms with E-state index in [9.17, 15) is 0 Å². The van der Waals surface area contributed by atoms with Gasteiger partial charge in [0.1, 0.15) is 11.5 Å². The summed E-state index contributed by atoms with van der Waals surface area (Å²) < 4.78 is 6.75. The lowest BCUT2D eigenvalue weighted by atomic mass is 9.64. The summed E-state index contributed by atoms with van der Waals surface area (Å²) in [7, 11) is 0. The summed E-state index contributed by atoms with van der Waals surface area (Å²) in [5.41, 5.74) is 13.7. The largest absolute Gasteiger partial charge is 0.457 e. The molecule has 13 rings (SSSR count). The molecule has 0 unspecified atom stereocenters. The molecule has 11 aromatic rings. The molecule has 0 amide bonds. The Morgan fingerprint density at radius 3 is 1.06 bits per heavy atom. The molecule has 7 heteroatoms. The van der Waals surface area contributed by atoms with Crippen molar-refractivity contribution in [1.82, 2.24) is 29.9 Å². The number of hydrogen-bond acceptors (Lipinski definition) is 7. The minimum Gasteiger partial charge on any atom is -0.457 e. The normalized spacial score (nSPS) is 12.6. The number of ether oxygens (including phenoxy) is 1. The van der Waals surface area contributed by atoms with Gasteiger partial charge in [-0.2, -0.15) is 0 Å². The molecule has 7 nitrogen and oxygen atoms in total. The molecule has 0 saturated carbocycles. The van der Waals surface area contributed by atoms with Gasteiger partial charge in [-0.25, -0.2) is 29.9 Å². The van der Waals surface area contributed by atoms with Crippen LogP contribution in [0.4, 0.5) is 0 Å². The summed E-state index contributed by atoms with van der Waals surface area (Å²) in [6.07, 6.45) is 0. The van der Waals surface area contributed by atoms with Crippen molar-refractivity contribution in [2.75, 3.05) is 0 Å². The Kier molecular flexibility index (Phi) is 9.25. The summed E-state index contributed by atoms with van der Waals surface area (Å²) in [5.74, 6) is 5.36. The third-order valence-corrected chi connectivity index (χ3v) is 13.1. The molecule has 0 bridgehead atoms. The summed E-state index contributed by atoms with van der Waals surface area (Å²) in [4.78, 5) is 30.3. The first kappa shape index (κ1) is 39.2. The predicted molar refractivity (Wildman–Crippen MR) is 269 cm³/mol. The molecule has 318 valence electrons. The van der Waals surface area contributed by atoms with Crippen LogP contribution in [0.2, 0.25) is 0 Å². The maximum atomic E-state index is 6.75. The SMILES string of the molecule is c1ccc(-c2nc(-c3ccccc3)nc(-c3ccc(-c4cccc5c4C4(c6ccccc6Oc6ccccc64)c4ccc(-c6nc(-c7ccccc7)nc(-c7ccccc7)n6)cc4-5)cc3)n2)cc1. The van der Waals surface area contributed by atoms with Crippen molar-refractivity contribution in [3.8, 4) is 102 Å². The second kappa shape index (κ2) is 16.0.